The van der Waals surface area contributed by atoms with E-state index < -0.39 is 0 Å². The first-order valence-corrected chi connectivity index (χ1v) is 3.45. The Morgan fingerprint density at radius 1 is 1.27 bits per heavy atom. The summed E-state index contributed by atoms with van der Waals surface area (Å²) >= 11 is 0. The summed E-state index contributed by atoms with van der Waals surface area (Å²) in [6.45, 7) is 3.24. The molecule has 0 radical (unpaired) electrons. The Labute approximate surface area is 66.3 Å². The number of hydrogen-bond donors (Lipinski definition) is 0. The van der Waals surface area contributed by atoms with Gasteiger partial charge in [-0.25, -0.2) is 0 Å². The molecule has 11 heavy (non-hydrogen) atoms. The van der Waals surface area contributed by atoms with Crippen molar-refractivity contribution in [1.82, 2.24) is 0 Å². The van der Waals surface area contributed by atoms with Gasteiger partial charge in [-0.2, -0.15) is 10.2 Å². The summed E-state index contributed by atoms with van der Waals surface area (Å²) in [6, 6.07) is 10.1. The van der Waals surface area contributed by atoms with Crippen molar-refractivity contribution in [2.24, 2.45) is 10.2 Å². The van der Waals surface area contributed by atoms with E-state index in [-0.39, 0.29) is 0 Å². The van der Waals surface area contributed by atoms with Crippen molar-refractivity contribution in [2.75, 3.05) is 0 Å². The molecule has 0 atom stereocenters. The molecule has 0 aliphatic heterocycles. The van der Waals surface area contributed by atoms with E-state index in [0.717, 1.165) is 6.42 Å². The smallest absolute Gasteiger partial charge is 0.0313 e. The molecular formula is C9H10N2. The maximum atomic E-state index is 3.66. The molecule has 2 nitrogen and oxygen atoms in total. The fourth-order valence-electron chi connectivity index (χ4n) is 0.818. The molecule has 0 aromatic heterocycles. The largest absolute Gasteiger partial charge is 0.167 e. The molecule has 0 amide bonds. The standard InChI is InChI=1S/C9H10N2/c1-10-11-8-7-9-5-3-2-4-6-9/h2-6,8H,1,7H2/b11-8-. The third kappa shape index (κ3) is 2.76. The van der Waals surface area contributed by atoms with Crippen molar-refractivity contribution in [2.45, 2.75) is 6.42 Å². The fraction of sp³-hybridized carbons (Fsp3) is 0.111. The molecule has 1 aromatic rings. The Kier molecular flexibility index (Phi) is 3.06. The Morgan fingerprint density at radius 3 is 2.64 bits per heavy atom. The van der Waals surface area contributed by atoms with Crippen LogP contribution in [0.3, 0.4) is 0 Å². The highest BCUT2D eigenvalue weighted by molar-refractivity contribution is 5.61. The molecule has 0 saturated carbocycles. The van der Waals surface area contributed by atoms with Crippen LogP contribution in [0.5, 0.6) is 0 Å². The van der Waals surface area contributed by atoms with Crippen LogP contribution in [-0.2, 0) is 6.42 Å². The second-order valence-corrected chi connectivity index (χ2v) is 2.13. The lowest BCUT2D eigenvalue weighted by atomic mass is 10.2. The van der Waals surface area contributed by atoms with E-state index in [1.807, 2.05) is 18.2 Å². The van der Waals surface area contributed by atoms with Gasteiger partial charge in [0.1, 0.15) is 0 Å². The lowest BCUT2D eigenvalue weighted by Crippen LogP contribution is -1.83. The van der Waals surface area contributed by atoms with E-state index in [0.29, 0.717) is 0 Å². The normalized spacial score (nSPS) is 10.2. The van der Waals surface area contributed by atoms with Gasteiger partial charge in [0, 0.05) is 19.4 Å². The van der Waals surface area contributed by atoms with Gasteiger partial charge in [-0.3, -0.25) is 0 Å². The van der Waals surface area contributed by atoms with E-state index in [1.165, 1.54) is 5.56 Å². The van der Waals surface area contributed by atoms with E-state index in [2.05, 4.69) is 29.1 Å². The number of hydrogen-bond acceptors (Lipinski definition) is 2. The molecule has 0 aliphatic carbocycles. The van der Waals surface area contributed by atoms with Gasteiger partial charge in [0.25, 0.3) is 0 Å². The summed E-state index contributed by atoms with van der Waals surface area (Å²) in [7, 11) is 0. The Balaban J connectivity index is 2.51. The molecule has 0 spiro atoms. The van der Waals surface area contributed by atoms with Crippen LogP contribution in [-0.4, -0.2) is 12.9 Å². The minimum absolute atomic E-state index is 0.819. The van der Waals surface area contributed by atoms with E-state index in [4.69, 9.17) is 0 Å². The zero-order valence-electron chi connectivity index (χ0n) is 6.27. The Hall–Kier alpha value is -1.44. The van der Waals surface area contributed by atoms with Gasteiger partial charge >= 0.3 is 0 Å². The molecular weight excluding hydrogens is 136 g/mol. The molecule has 0 unspecified atom stereocenters. The maximum absolute atomic E-state index is 3.66. The van der Waals surface area contributed by atoms with Crippen LogP contribution >= 0.6 is 0 Å². The molecule has 0 fully saturated rings. The summed E-state index contributed by atoms with van der Waals surface area (Å²) < 4.78 is 0. The molecule has 0 heterocycles. The van der Waals surface area contributed by atoms with Crippen molar-refractivity contribution < 1.29 is 0 Å². The van der Waals surface area contributed by atoms with Crippen LogP contribution in [0.1, 0.15) is 5.56 Å². The van der Waals surface area contributed by atoms with Crippen molar-refractivity contribution in [1.29, 1.82) is 0 Å². The van der Waals surface area contributed by atoms with Crippen LogP contribution in [0, 0.1) is 0 Å². The minimum atomic E-state index is 0.819. The van der Waals surface area contributed by atoms with Crippen molar-refractivity contribution in [3.8, 4) is 0 Å². The maximum Gasteiger partial charge on any atom is 0.0313 e. The molecule has 0 saturated heterocycles. The Bertz CT molecular complexity index is 239. The van der Waals surface area contributed by atoms with Crippen LogP contribution in [0.15, 0.2) is 40.5 Å². The average molecular weight is 146 g/mol. The van der Waals surface area contributed by atoms with Crippen molar-refractivity contribution in [3.05, 3.63) is 35.9 Å². The fourth-order valence-corrected chi connectivity index (χ4v) is 0.818. The van der Waals surface area contributed by atoms with Gasteiger partial charge in [0.2, 0.25) is 0 Å². The molecule has 1 rings (SSSR count). The predicted octanol–water partition coefficient (Wildman–Crippen LogP) is 1.92. The van der Waals surface area contributed by atoms with Gasteiger partial charge in [-0.05, 0) is 5.56 Å². The van der Waals surface area contributed by atoms with Gasteiger partial charge in [-0.1, -0.05) is 30.3 Å². The Morgan fingerprint density at radius 2 is 2.00 bits per heavy atom. The van der Waals surface area contributed by atoms with E-state index in [9.17, 15) is 0 Å². The van der Waals surface area contributed by atoms with Gasteiger partial charge < -0.3 is 0 Å². The summed E-state index contributed by atoms with van der Waals surface area (Å²) in [4.78, 5) is 0. The first-order chi connectivity index (χ1) is 5.43. The van der Waals surface area contributed by atoms with Crippen LogP contribution in [0.2, 0.25) is 0 Å². The second-order valence-electron chi connectivity index (χ2n) is 2.13. The molecule has 56 valence electrons. The second kappa shape index (κ2) is 4.39. The average Bonchev–Trinajstić information content (AvgIpc) is 2.07. The summed E-state index contributed by atoms with van der Waals surface area (Å²) in [5.74, 6) is 0. The summed E-state index contributed by atoms with van der Waals surface area (Å²) in [5, 5.41) is 7.03. The zero-order valence-corrected chi connectivity index (χ0v) is 6.27. The highest BCUT2D eigenvalue weighted by Crippen LogP contribution is 1.97. The number of nitrogens with zero attached hydrogens (tertiary/aromatic N) is 2. The van der Waals surface area contributed by atoms with Gasteiger partial charge in [0.05, 0.1) is 0 Å². The number of rotatable bonds is 3. The highest BCUT2D eigenvalue weighted by atomic mass is 15.2. The van der Waals surface area contributed by atoms with Crippen molar-refractivity contribution in [3.63, 3.8) is 0 Å². The molecule has 2 heteroatoms. The SMILES string of the molecule is C=N/N=C\Cc1ccccc1. The zero-order chi connectivity index (χ0) is 7.94. The van der Waals surface area contributed by atoms with Crippen LogP contribution in [0.4, 0.5) is 0 Å². The van der Waals surface area contributed by atoms with Crippen LogP contribution < -0.4 is 0 Å². The lowest BCUT2D eigenvalue weighted by molar-refractivity contribution is 1.24. The van der Waals surface area contributed by atoms with Crippen LogP contribution in [0.25, 0.3) is 0 Å². The molecule has 0 bridgehead atoms. The summed E-state index contributed by atoms with van der Waals surface area (Å²) in [5.41, 5.74) is 1.24. The summed E-state index contributed by atoms with van der Waals surface area (Å²) in [6.07, 6.45) is 2.56. The van der Waals surface area contributed by atoms with Gasteiger partial charge in [0.15, 0.2) is 0 Å². The minimum Gasteiger partial charge on any atom is -0.167 e. The monoisotopic (exact) mass is 146 g/mol. The lowest BCUT2D eigenvalue weighted by Gasteiger charge is -1.91. The highest BCUT2D eigenvalue weighted by Gasteiger charge is 1.84. The first kappa shape index (κ1) is 7.66. The van der Waals surface area contributed by atoms with E-state index >= 15 is 0 Å². The van der Waals surface area contributed by atoms with Gasteiger partial charge in [-0.15, -0.1) is 0 Å². The first-order valence-electron chi connectivity index (χ1n) is 3.45. The molecule has 0 N–H and O–H groups in total. The molecule has 0 aliphatic rings. The number of benzene rings is 1. The van der Waals surface area contributed by atoms with Crippen molar-refractivity contribution >= 4 is 12.9 Å². The molecule has 1 aromatic carbocycles. The third-order valence-electron chi connectivity index (χ3n) is 1.33. The predicted molar refractivity (Wildman–Crippen MR) is 48.2 cm³/mol. The third-order valence-corrected chi connectivity index (χ3v) is 1.33. The van der Waals surface area contributed by atoms with E-state index in [1.54, 1.807) is 6.21 Å². The quantitative estimate of drug-likeness (QED) is 0.459. The topological polar surface area (TPSA) is 24.7 Å².